The van der Waals surface area contributed by atoms with Crippen molar-refractivity contribution in [2.45, 2.75) is 24.1 Å². The van der Waals surface area contributed by atoms with Gasteiger partial charge in [0.2, 0.25) is 0 Å². The number of benzene rings is 3. The SMILES string of the molecule is O=C(O[C@@H](COCc1ccccc1)[C@H](Br)COCc1ccccc1)c1ccccc1. The van der Waals surface area contributed by atoms with E-state index in [1.165, 1.54) is 0 Å². The number of ether oxygens (including phenoxy) is 3. The lowest BCUT2D eigenvalue weighted by molar-refractivity contribution is -0.0179. The van der Waals surface area contributed by atoms with Gasteiger partial charge < -0.3 is 14.2 Å². The molecule has 0 bridgehead atoms. The number of hydrogen-bond acceptors (Lipinski definition) is 4. The van der Waals surface area contributed by atoms with Crippen LogP contribution in [0.15, 0.2) is 91.0 Å². The van der Waals surface area contributed by atoms with Gasteiger partial charge in [-0.3, -0.25) is 0 Å². The van der Waals surface area contributed by atoms with Crippen LogP contribution in [0.4, 0.5) is 0 Å². The molecule has 156 valence electrons. The molecule has 0 aliphatic rings. The van der Waals surface area contributed by atoms with Gasteiger partial charge in [-0.15, -0.1) is 0 Å². The van der Waals surface area contributed by atoms with Crippen LogP contribution in [0.3, 0.4) is 0 Å². The molecule has 0 fully saturated rings. The lowest BCUT2D eigenvalue weighted by Crippen LogP contribution is -2.34. The largest absolute Gasteiger partial charge is 0.455 e. The van der Waals surface area contributed by atoms with Crippen molar-refractivity contribution in [1.29, 1.82) is 0 Å². The minimum absolute atomic E-state index is 0.204. The summed E-state index contributed by atoms with van der Waals surface area (Å²) in [6.07, 6.45) is -0.489. The fourth-order valence-electron chi connectivity index (χ4n) is 2.83. The summed E-state index contributed by atoms with van der Waals surface area (Å²) >= 11 is 3.62. The molecular weight excluding hydrogens is 444 g/mol. The highest BCUT2D eigenvalue weighted by Gasteiger charge is 2.24. The first kappa shape index (κ1) is 22.2. The Labute approximate surface area is 185 Å². The zero-order chi connectivity index (χ0) is 21.0. The number of carbonyl (C=O) groups is 1. The minimum Gasteiger partial charge on any atom is -0.455 e. The maximum atomic E-state index is 12.5. The van der Waals surface area contributed by atoms with Crippen LogP contribution < -0.4 is 0 Å². The van der Waals surface area contributed by atoms with Crippen molar-refractivity contribution in [3.8, 4) is 0 Å². The molecule has 4 nitrogen and oxygen atoms in total. The van der Waals surface area contributed by atoms with Gasteiger partial charge >= 0.3 is 5.97 Å². The summed E-state index contributed by atoms with van der Waals surface area (Å²) < 4.78 is 17.4. The molecule has 0 unspecified atom stereocenters. The number of hydrogen-bond donors (Lipinski definition) is 0. The Morgan fingerprint density at radius 2 is 1.17 bits per heavy atom. The van der Waals surface area contributed by atoms with Crippen molar-refractivity contribution in [3.05, 3.63) is 108 Å². The Morgan fingerprint density at radius 1 is 0.700 bits per heavy atom. The van der Waals surface area contributed by atoms with E-state index >= 15 is 0 Å². The molecule has 3 rings (SSSR count). The summed E-state index contributed by atoms with van der Waals surface area (Å²) in [6, 6.07) is 28.8. The monoisotopic (exact) mass is 468 g/mol. The van der Waals surface area contributed by atoms with Crippen LogP contribution >= 0.6 is 15.9 Å². The molecule has 3 aromatic carbocycles. The number of carbonyl (C=O) groups excluding carboxylic acids is 1. The zero-order valence-corrected chi connectivity index (χ0v) is 18.2. The number of esters is 1. The smallest absolute Gasteiger partial charge is 0.338 e. The van der Waals surface area contributed by atoms with Gasteiger partial charge in [-0.25, -0.2) is 4.79 Å². The third kappa shape index (κ3) is 7.41. The first-order valence-corrected chi connectivity index (χ1v) is 10.8. The molecule has 0 spiro atoms. The Kier molecular flexibility index (Phi) is 9.09. The van der Waals surface area contributed by atoms with Gasteiger partial charge in [-0.1, -0.05) is 94.8 Å². The third-order valence-corrected chi connectivity index (χ3v) is 5.31. The third-order valence-electron chi connectivity index (χ3n) is 4.45. The highest BCUT2D eigenvalue weighted by molar-refractivity contribution is 9.09. The molecule has 0 heterocycles. The van der Waals surface area contributed by atoms with Crippen molar-refractivity contribution in [1.82, 2.24) is 0 Å². The van der Waals surface area contributed by atoms with Crippen LogP contribution in [0.1, 0.15) is 21.5 Å². The maximum Gasteiger partial charge on any atom is 0.338 e. The van der Waals surface area contributed by atoms with Crippen molar-refractivity contribution in [3.63, 3.8) is 0 Å². The van der Waals surface area contributed by atoms with Crippen LogP contribution in [0.25, 0.3) is 0 Å². The highest BCUT2D eigenvalue weighted by Crippen LogP contribution is 2.16. The average Bonchev–Trinajstić information content (AvgIpc) is 2.80. The van der Waals surface area contributed by atoms with E-state index in [1.807, 2.05) is 78.9 Å². The molecule has 0 saturated heterocycles. The van der Waals surface area contributed by atoms with E-state index in [9.17, 15) is 4.79 Å². The second-order valence-corrected chi connectivity index (χ2v) is 8.00. The molecule has 0 amide bonds. The van der Waals surface area contributed by atoms with E-state index in [2.05, 4.69) is 15.9 Å². The summed E-state index contributed by atoms with van der Waals surface area (Å²) in [6.45, 7) is 1.59. The van der Waals surface area contributed by atoms with E-state index in [1.54, 1.807) is 12.1 Å². The predicted octanol–water partition coefficient (Wildman–Crippen LogP) is 5.41. The first-order chi connectivity index (χ1) is 14.7. The van der Waals surface area contributed by atoms with E-state index in [4.69, 9.17) is 14.2 Å². The molecule has 30 heavy (non-hydrogen) atoms. The molecule has 0 radical (unpaired) electrons. The lowest BCUT2D eigenvalue weighted by atomic mass is 10.2. The molecule has 0 aromatic heterocycles. The highest BCUT2D eigenvalue weighted by atomic mass is 79.9. The molecule has 0 N–H and O–H groups in total. The van der Waals surface area contributed by atoms with Crippen molar-refractivity contribution < 1.29 is 19.0 Å². The van der Waals surface area contributed by atoms with Crippen LogP contribution in [0.2, 0.25) is 0 Å². The summed E-state index contributed by atoms with van der Waals surface area (Å²) in [5.41, 5.74) is 2.67. The molecule has 2 atom stereocenters. The molecular formula is C25H25BrO4. The van der Waals surface area contributed by atoms with E-state index in [-0.39, 0.29) is 17.4 Å². The Bertz CT molecular complexity index is 871. The van der Waals surface area contributed by atoms with Crippen LogP contribution in [0, 0.1) is 0 Å². The number of alkyl halides is 1. The second-order valence-electron chi connectivity index (χ2n) is 6.83. The summed E-state index contributed by atoms with van der Waals surface area (Å²) in [7, 11) is 0. The van der Waals surface area contributed by atoms with Gasteiger partial charge in [0.05, 0.1) is 36.8 Å². The summed E-state index contributed by atoms with van der Waals surface area (Å²) in [5, 5.41) is 0. The van der Waals surface area contributed by atoms with Gasteiger partial charge in [0.1, 0.15) is 6.10 Å². The number of rotatable bonds is 11. The number of halogens is 1. The van der Waals surface area contributed by atoms with Crippen LogP contribution in [0.5, 0.6) is 0 Å². The van der Waals surface area contributed by atoms with Gasteiger partial charge in [0.15, 0.2) is 0 Å². The molecule has 0 saturated carbocycles. The van der Waals surface area contributed by atoms with E-state index in [0.717, 1.165) is 11.1 Å². The summed E-state index contributed by atoms with van der Waals surface area (Å²) in [4.78, 5) is 12.3. The maximum absolute atomic E-state index is 12.5. The Hall–Kier alpha value is -2.47. The van der Waals surface area contributed by atoms with Crippen LogP contribution in [-0.2, 0) is 27.4 Å². The fourth-order valence-corrected chi connectivity index (χ4v) is 3.28. The average molecular weight is 469 g/mol. The van der Waals surface area contributed by atoms with Crippen LogP contribution in [-0.4, -0.2) is 30.1 Å². The van der Waals surface area contributed by atoms with Gasteiger partial charge in [-0.05, 0) is 23.3 Å². The topological polar surface area (TPSA) is 44.8 Å². The fraction of sp³-hybridized carbons (Fsp3) is 0.240. The normalized spacial score (nSPS) is 12.8. The van der Waals surface area contributed by atoms with Gasteiger partial charge in [0, 0.05) is 0 Å². The Balaban J connectivity index is 1.56. The van der Waals surface area contributed by atoms with Crippen molar-refractivity contribution >= 4 is 21.9 Å². The first-order valence-electron chi connectivity index (χ1n) is 9.86. The van der Waals surface area contributed by atoms with Crippen molar-refractivity contribution in [2.75, 3.05) is 13.2 Å². The predicted molar refractivity (Wildman–Crippen MR) is 121 cm³/mol. The summed E-state index contributed by atoms with van der Waals surface area (Å²) in [5.74, 6) is -0.378. The van der Waals surface area contributed by atoms with Gasteiger partial charge in [0.25, 0.3) is 0 Å². The quantitative estimate of drug-likeness (QED) is 0.278. The lowest BCUT2D eigenvalue weighted by Gasteiger charge is -2.23. The molecule has 0 aliphatic carbocycles. The molecule has 3 aromatic rings. The minimum atomic E-state index is -0.489. The van der Waals surface area contributed by atoms with E-state index < -0.39 is 6.10 Å². The zero-order valence-electron chi connectivity index (χ0n) is 16.7. The molecule has 0 aliphatic heterocycles. The van der Waals surface area contributed by atoms with E-state index in [0.29, 0.717) is 25.4 Å². The second kappa shape index (κ2) is 12.3. The van der Waals surface area contributed by atoms with Gasteiger partial charge in [-0.2, -0.15) is 0 Å². The molecule has 5 heteroatoms. The van der Waals surface area contributed by atoms with Crippen molar-refractivity contribution in [2.24, 2.45) is 0 Å². The standard InChI is InChI=1S/C25H25BrO4/c26-23(18-28-16-20-10-4-1-5-11-20)24(19-29-17-21-12-6-2-7-13-21)30-25(27)22-14-8-3-9-15-22/h1-15,23-24H,16-19H2/t23-,24+/m1/s1. The Morgan fingerprint density at radius 3 is 1.70 bits per heavy atom.